The zero-order chi connectivity index (χ0) is 12.5. The lowest BCUT2D eigenvalue weighted by molar-refractivity contribution is -0.126. The van der Waals surface area contributed by atoms with Crippen LogP contribution in [0.25, 0.3) is 0 Å². The largest absolute Gasteiger partial charge is 0.319 e. The van der Waals surface area contributed by atoms with Gasteiger partial charge in [0.05, 0.1) is 22.7 Å². The molecule has 0 bridgehead atoms. The highest BCUT2D eigenvalue weighted by molar-refractivity contribution is 7.84. The van der Waals surface area contributed by atoms with Crippen LogP contribution in [-0.4, -0.2) is 5.91 Å². The lowest BCUT2D eigenvalue weighted by atomic mass is 9.61. The van der Waals surface area contributed by atoms with Gasteiger partial charge < -0.3 is 5.32 Å². The second-order valence-corrected chi connectivity index (χ2v) is 5.05. The summed E-state index contributed by atoms with van der Waals surface area (Å²) in [6.07, 6.45) is 4.47. The second kappa shape index (κ2) is 4.43. The molecular weight excluding hydrogens is 234 g/mol. The average molecular weight is 247 g/mol. The Kier molecular flexibility index (Phi) is 3.13. The smallest absolute Gasteiger partial charge is 0.243 e. The van der Waals surface area contributed by atoms with E-state index in [-0.39, 0.29) is 5.91 Å². The molecule has 2 aliphatic rings. The fourth-order valence-corrected chi connectivity index (χ4v) is 3.33. The first-order valence-electron chi connectivity index (χ1n) is 5.70. The van der Waals surface area contributed by atoms with E-state index in [0.29, 0.717) is 10.6 Å². The van der Waals surface area contributed by atoms with Crippen molar-refractivity contribution in [2.75, 3.05) is 0 Å². The van der Waals surface area contributed by atoms with E-state index in [9.17, 15) is 15.3 Å². The van der Waals surface area contributed by atoms with Crippen LogP contribution in [0.15, 0.2) is 10.6 Å². The Morgan fingerprint density at radius 1 is 1.29 bits per heavy atom. The first-order valence-corrected chi connectivity index (χ1v) is 6.15. The van der Waals surface area contributed by atoms with Crippen LogP contribution in [0.4, 0.5) is 0 Å². The Balaban J connectivity index is 2.55. The zero-order valence-corrected chi connectivity index (χ0v) is 10.3. The van der Waals surface area contributed by atoms with Crippen LogP contribution in [0.3, 0.4) is 0 Å². The van der Waals surface area contributed by atoms with Gasteiger partial charge in [0.15, 0.2) is 0 Å². The number of hydrogen-bond acceptors (Lipinski definition) is 4. The summed E-state index contributed by atoms with van der Waals surface area (Å²) < 4.78 is 0. The van der Waals surface area contributed by atoms with Crippen LogP contribution < -0.4 is 5.32 Å². The van der Waals surface area contributed by atoms with Crippen LogP contribution in [0.1, 0.15) is 32.1 Å². The monoisotopic (exact) mass is 247 g/mol. The Hall–Kier alpha value is -1.46. The fourth-order valence-electron chi connectivity index (χ4n) is 2.95. The lowest BCUT2D eigenvalue weighted by Gasteiger charge is -2.42. The molecule has 0 aromatic rings. The molecule has 0 saturated heterocycles. The van der Waals surface area contributed by atoms with E-state index in [1.165, 1.54) is 0 Å². The number of nitrogens with zero attached hydrogens (tertiary/aromatic N) is 2. The molecule has 0 aromatic heterocycles. The number of allylic oxidation sites excluding steroid dienone is 1. The van der Waals surface area contributed by atoms with E-state index in [0.717, 1.165) is 32.1 Å². The highest BCUT2D eigenvalue weighted by Gasteiger charge is 2.50. The summed E-state index contributed by atoms with van der Waals surface area (Å²) in [6, 6.07) is 4.20. The number of thiol groups is 1. The van der Waals surface area contributed by atoms with Crippen molar-refractivity contribution < 1.29 is 4.79 Å². The van der Waals surface area contributed by atoms with Gasteiger partial charge in [-0.1, -0.05) is 19.3 Å². The Morgan fingerprint density at radius 3 is 2.47 bits per heavy atom. The predicted octanol–water partition coefficient (Wildman–Crippen LogP) is 1.87. The van der Waals surface area contributed by atoms with Crippen molar-refractivity contribution in [2.45, 2.75) is 32.1 Å². The van der Waals surface area contributed by atoms with Gasteiger partial charge in [-0.25, -0.2) is 0 Å². The van der Waals surface area contributed by atoms with Gasteiger partial charge in [0, 0.05) is 5.41 Å². The SMILES string of the molecule is N#CC1=C(S)NC(=O)[C@@H](C#N)C12CCCCC2. The molecule has 2 rings (SSSR count). The van der Waals surface area contributed by atoms with Crippen molar-refractivity contribution in [1.29, 1.82) is 10.5 Å². The summed E-state index contributed by atoms with van der Waals surface area (Å²) in [4.78, 5) is 11.8. The third-order valence-corrected chi connectivity index (χ3v) is 4.11. The number of nitriles is 2. The summed E-state index contributed by atoms with van der Waals surface area (Å²) in [6.45, 7) is 0. The van der Waals surface area contributed by atoms with Gasteiger partial charge in [-0.15, -0.1) is 12.6 Å². The standard InChI is InChI=1S/C12H13N3OS/c13-6-8-10(16)15-11(17)9(7-14)12(8)4-2-1-3-5-12/h8,17H,1-5H2,(H,15,16)/t8-/m1/s1. The van der Waals surface area contributed by atoms with Crippen LogP contribution in [0.2, 0.25) is 0 Å². The van der Waals surface area contributed by atoms with Gasteiger partial charge >= 0.3 is 0 Å². The van der Waals surface area contributed by atoms with Crippen molar-refractivity contribution in [3.8, 4) is 12.1 Å². The summed E-state index contributed by atoms with van der Waals surface area (Å²) in [7, 11) is 0. The molecule has 1 heterocycles. The number of nitrogens with one attached hydrogen (secondary N) is 1. The van der Waals surface area contributed by atoms with Crippen LogP contribution >= 0.6 is 12.6 Å². The number of hydrogen-bond donors (Lipinski definition) is 2. The van der Waals surface area contributed by atoms with Crippen molar-refractivity contribution in [3.63, 3.8) is 0 Å². The molecule has 1 saturated carbocycles. The van der Waals surface area contributed by atoms with Gasteiger partial charge in [0.2, 0.25) is 5.91 Å². The molecule has 0 unspecified atom stereocenters. The van der Waals surface area contributed by atoms with Gasteiger partial charge in [0.1, 0.15) is 5.92 Å². The topological polar surface area (TPSA) is 76.7 Å². The summed E-state index contributed by atoms with van der Waals surface area (Å²) in [5, 5.41) is 21.3. The molecule has 1 amide bonds. The quantitative estimate of drug-likeness (QED) is 0.641. The maximum absolute atomic E-state index is 11.8. The minimum atomic E-state index is -0.756. The molecule has 5 heteroatoms. The molecule has 17 heavy (non-hydrogen) atoms. The first kappa shape index (κ1) is 12.0. The molecule has 0 radical (unpaired) electrons. The highest BCUT2D eigenvalue weighted by Crippen LogP contribution is 2.50. The molecule has 1 aliphatic carbocycles. The Labute approximate surface area is 106 Å². The number of carbonyl (C=O) groups excluding carboxylic acids is 1. The number of rotatable bonds is 0. The minimum absolute atomic E-state index is 0.321. The van der Waals surface area contributed by atoms with Crippen LogP contribution in [0, 0.1) is 34.0 Å². The fraction of sp³-hybridized carbons (Fsp3) is 0.583. The van der Waals surface area contributed by atoms with Gasteiger partial charge in [-0.3, -0.25) is 4.79 Å². The van der Waals surface area contributed by atoms with E-state index < -0.39 is 11.3 Å². The molecule has 1 fully saturated rings. The molecule has 1 N–H and O–H groups in total. The van der Waals surface area contributed by atoms with E-state index in [1.807, 2.05) is 0 Å². The third kappa shape index (κ3) is 1.71. The normalized spacial score (nSPS) is 27.2. The maximum atomic E-state index is 11.8. The molecular formula is C12H13N3OS. The van der Waals surface area contributed by atoms with Crippen LogP contribution in [-0.2, 0) is 4.79 Å². The average Bonchev–Trinajstić information content (AvgIpc) is 2.30. The molecule has 88 valence electrons. The van der Waals surface area contributed by atoms with Crippen molar-refractivity contribution in [1.82, 2.24) is 5.32 Å². The molecule has 0 aromatic carbocycles. The summed E-state index contributed by atoms with van der Waals surface area (Å²) in [5.74, 6) is -1.08. The van der Waals surface area contributed by atoms with Gasteiger partial charge in [0.25, 0.3) is 0 Å². The van der Waals surface area contributed by atoms with Crippen molar-refractivity contribution in [3.05, 3.63) is 10.6 Å². The van der Waals surface area contributed by atoms with E-state index >= 15 is 0 Å². The molecule has 1 spiro atoms. The van der Waals surface area contributed by atoms with Crippen LogP contribution in [0.5, 0.6) is 0 Å². The van der Waals surface area contributed by atoms with Crippen molar-refractivity contribution >= 4 is 18.5 Å². The highest BCUT2D eigenvalue weighted by atomic mass is 32.1. The molecule has 4 nitrogen and oxygen atoms in total. The predicted molar refractivity (Wildman–Crippen MR) is 64.4 cm³/mol. The first-order chi connectivity index (χ1) is 8.15. The maximum Gasteiger partial charge on any atom is 0.243 e. The van der Waals surface area contributed by atoms with E-state index in [2.05, 4.69) is 30.1 Å². The number of amides is 1. The van der Waals surface area contributed by atoms with Gasteiger partial charge in [-0.05, 0) is 12.8 Å². The third-order valence-electron chi connectivity index (χ3n) is 3.78. The molecule has 1 aliphatic heterocycles. The summed E-state index contributed by atoms with van der Waals surface area (Å²) in [5.41, 5.74) is -0.118. The minimum Gasteiger partial charge on any atom is -0.319 e. The number of carbonyl (C=O) groups is 1. The lowest BCUT2D eigenvalue weighted by Crippen LogP contribution is -2.48. The zero-order valence-electron chi connectivity index (χ0n) is 9.36. The molecule has 1 atom stereocenters. The van der Waals surface area contributed by atoms with Crippen molar-refractivity contribution in [2.24, 2.45) is 11.3 Å². The van der Waals surface area contributed by atoms with Gasteiger partial charge in [-0.2, -0.15) is 10.5 Å². The second-order valence-electron chi connectivity index (χ2n) is 4.60. The van der Waals surface area contributed by atoms with E-state index in [1.54, 1.807) is 0 Å². The summed E-state index contributed by atoms with van der Waals surface area (Å²) >= 11 is 4.18. The Morgan fingerprint density at radius 2 is 1.94 bits per heavy atom. The Bertz CT molecular complexity index is 463. The van der Waals surface area contributed by atoms with E-state index in [4.69, 9.17) is 0 Å².